The summed E-state index contributed by atoms with van der Waals surface area (Å²) in [5, 5.41) is 0. The lowest BCUT2D eigenvalue weighted by atomic mass is 10.2. The summed E-state index contributed by atoms with van der Waals surface area (Å²) >= 11 is 0. The Bertz CT molecular complexity index is 1200. The highest BCUT2D eigenvalue weighted by Gasteiger charge is 2.22. The smallest absolute Gasteiger partial charge is 0.305 e. The molecule has 0 spiro atoms. The molecular formula is C23H25N3O6S. The van der Waals surface area contributed by atoms with Crippen LogP contribution in [-0.2, 0) is 16.6 Å². The van der Waals surface area contributed by atoms with E-state index in [-0.39, 0.29) is 22.8 Å². The van der Waals surface area contributed by atoms with Crippen LogP contribution in [-0.4, -0.2) is 37.6 Å². The second-order valence-corrected chi connectivity index (χ2v) is 8.83. The largest absolute Gasteiger partial charge is 0.486 e. The third-order valence-electron chi connectivity index (χ3n) is 4.74. The van der Waals surface area contributed by atoms with E-state index < -0.39 is 21.8 Å². The van der Waals surface area contributed by atoms with Crippen LogP contribution in [0.25, 0.3) is 0 Å². The fourth-order valence-corrected chi connectivity index (χ4v) is 4.51. The Morgan fingerprint density at radius 3 is 2.30 bits per heavy atom. The third kappa shape index (κ3) is 5.99. The number of hydrogen-bond donors (Lipinski definition) is 2. The van der Waals surface area contributed by atoms with Gasteiger partial charge in [-0.05, 0) is 42.5 Å². The summed E-state index contributed by atoms with van der Waals surface area (Å²) in [5.74, 6) is -0.248. The number of sulfonamides is 1. The van der Waals surface area contributed by atoms with E-state index in [4.69, 9.17) is 9.15 Å². The summed E-state index contributed by atoms with van der Waals surface area (Å²) in [7, 11) is -3.72. The average Bonchev–Trinajstić information content (AvgIpc) is 3.31. The Hall–Kier alpha value is -3.63. The highest BCUT2D eigenvalue weighted by atomic mass is 32.2. The highest BCUT2D eigenvalue weighted by molar-refractivity contribution is 7.89. The lowest BCUT2D eigenvalue weighted by Crippen LogP contribution is -2.41. The fraction of sp³-hybridized carbons (Fsp3) is 0.217. The van der Waals surface area contributed by atoms with Crippen LogP contribution in [0.1, 0.15) is 40.5 Å². The Morgan fingerprint density at radius 2 is 1.61 bits per heavy atom. The summed E-state index contributed by atoms with van der Waals surface area (Å²) in [6.45, 7) is 4.24. The second-order valence-electron chi connectivity index (χ2n) is 6.89. The van der Waals surface area contributed by atoms with Crippen LogP contribution < -0.4 is 15.6 Å². The number of furan rings is 1. The van der Waals surface area contributed by atoms with E-state index in [1.807, 2.05) is 18.2 Å². The zero-order valence-corrected chi connectivity index (χ0v) is 19.1. The van der Waals surface area contributed by atoms with Gasteiger partial charge in [-0.2, -0.15) is 4.31 Å². The van der Waals surface area contributed by atoms with Crippen LogP contribution in [0.4, 0.5) is 0 Å². The van der Waals surface area contributed by atoms with Crippen molar-refractivity contribution in [1.29, 1.82) is 0 Å². The number of carbonyl (C=O) groups is 2. The molecular weight excluding hydrogens is 446 g/mol. The Labute approximate surface area is 192 Å². The first-order valence-electron chi connectivity index (χ1n) is 10.3. The molecule has 174 valence electrons. The summed E-state index contributed by atoms with van der Waals surface area (Å²) in [6, 6.07) is 17.8. The Balaban J connectivity index is 1.59. The van der Waals surface area contributed by atoms with Crippen molar-refractivity contribution in [3.63, 3.8) is 0 Å². The number of hydrogen-bond acceptors (Lipinski definition) is 6. The summed E-state index contributed by atoms with van der Waals surface area (Å²) in [5.41, 5.74) is 4.60. The number of amides is 2. The molecule has 0 radical (unpaired) electrons. The summed E-state index contributed by atoms with van der Waals surface area (Å²) in [6.07, 6.45) is 0. The first kappa shape index (κ1) is 24.0. The molecule has 0 atom stereocenters. The van der Waals surface area contributed by atoms with Crippen molar-refractivity contribution in [1.82, 2.24) is 15.2 Å². The van der Waals surface area contributed by atoms with Crippen molar-refractivity contribution >= 4 is 21.8 Å². The van der Waals surface area contributed by atoms with Crippen molar-refractivity contribution in [2.24, 2.45) is 0 Å². The van der Waals surface area contributed by atoms with Gasteiger partial charge in [0.15, 0.2) is 5.76 Å². The van der Waals surface area contributed by atoms with Gasteiger partial charge < -0.3 is 9.15 Å². The van der Waals surface area contributed by atoms with Crippen molar-refractivity contribution in [2.45, 2.75) is 25.3 Å². The molecule has 0 aliphatic carbocycles. The van der Waals surface area contributed by atoms with E-state index in [0.717, 1.165) is 0 Å². The van der Waals surface area contributed by atoms with Gasteiger partial charge in [0, 0.05) is 18.7 Å². The first-order chi connectivity index (χ1) is 15.8. The highest BCUT2D eigenvalue weighted by Crippen LogP contribution is 2.17. The van der Waals surface area contributed by atoms with Gasteiger partial charge in [0.05, 0.1) is 4.90 Å². The molecule has 2 amide bonds. The molecule has 0 bridgehead atoms. The number of nitrogens with one attached hydrogen (secondary N) is 2. The van der Waals surface area contributed by atoms with E-state index in [1.165, 1.54) is 34.6 Å². The van der Waals surface area contributed by atoms with Crippen LogP contribution in [0.5, 0.6) is 5.75 Å². The number of nitrogens with zero attached hydrogens (tertiary/aromatic N) is 1. The Morgan fingerprint density at radius 1 is 0.909 bits per heavy atom. The third-order valence-corrected chi connectivity index (χ3v) is 6.78. The maximum atomic E-state index is 12.7. The van der Waals surface area contributed by atoms with E-state index in [0.29, 0.717) is 24.6 Å². The van der Waals surface area contributed by atoms with Crippen molar-refractivity contribution in [3.8, 4) is 5.75 Å². The summed E-state index contributed by atoms with van der Waals surface area (Å²) < 4.78 is 37.6. The number of carbonyl (C=O) groups excluding carboxylic acids is 2. The molecule has 0 unspecified atom stereocenters. The lowest BCUT2D eigenvalue weighted by molar-refractivity contribution is 0.0828. The molecule has 0 aliphatic heterocycles. The Kier molecular flexibility index (Phi) is 7.86. The number of benzene rings is 2. The quantitative estimate of drug-likeness (QED) is 0.463. The zero-order chi connectivity index (χ0) is 23.8. The molecule has 33 heavy (non-hydrogen) atoms. The molecule has 3 rings (SSSR count). The predicted octanol–water partition coefficient (Wildman–Crippen LogP) is 2.96. The van der Waals surface area contributed by atoms with Crippen LogP contribution in [0.15, 0.2) is 76.0 Å². The number of rotatable bonds is 9. The van der Waals surface area contributed by atoms with E-state index in [1.54, 1.807) is 32.0 Å². The number of hydrazine groups is 1. The van der Waals surface area contributed by atoms with Crippen molar-refractivity contribution in [2.75, 3.05) is 13.1 Å². The minimum absolute atomic E-state index is 0.000677. The van der Waals surface area contributed by atoms with Gasteiger partial charge in [0.1, 0.15) is 18.1 Å². The average molecular weight is 472 g/mol. The van der Waals surface area contributed by atoms with Crippen molar-refractivity contribution < 1.29 is 27.2 Å². The molecule has 1 aromatic heterocycles. The van der Waals surface area contributed by atoms with E-state index in [2.05, 4.69) is 10.9 Å². The standard InChI is InChI=1S/C23H25N3O6S/c1-3-26(4-2)33(29,30)20-12-8-9-17(15-20)22(27)24-25-23(28)21-14-13-19(32-21)16-31-18-10-6-5-7-11-18/h5-15H,3-4,16H2,1-2H3,(H,24,27)(H,25,28). The van der Waals surface area contributed by atoms with Crippen LogP contribution in [0, 0.1) is 0 Å². The van der Waals surface area contributed by atoms with Gasteiger partial charge in [-0.25, -0.2) is 8.42 Å². The molecule has 0 aliphatic rings. The monoisotopic (exact) mass is 471 g/mol. The van der Waals surface area contributed by atoms with Gasteiger partial charge in [-0.3, -0.25) is 20.4 Å². The SMILES string of the molecule is CCN(CC)S(=O)(=O)c1cccc(C(=O)NNC(=O)c2ccc(COc3ccccc3)o2)c1. The molecule has 0 fully saturated rings. The van der Waals surface area contributed by atoms with Gasteiger partial charge in [-0.15, -0.1) is 0 Å². The maximum Gasteiger partial charge on any atom is 0.305 e. The molecule has 0 saturated heterocycles. The van der Waals surface area contributed by atoms with Gasteiger partial charge >= 0.3 is 5.91 Å². The van der Waals surface area contributed by atoms with Gasteiger partial charge in [0.2, 0.25) is 10.0 Å². The topological polar surface area (TPSA) is 118 Å². The van der Waals surface area contributed by atoms with E-state index >= 15 is 0 Å². The summed E-state index contributed by atoms with van der Waals surface area (Å²) in [4.78, 5) is 24.7. The molecule has 3 aromatic rings. The minimum Gasteiger partial charge on any atom is -0.486 e. The van der Waals surface area contributed by atoms with Crippen LogP contribution >= 0.6 is 0 Å². The van der Waals surface area contributed by atoms with Crippen LogP contribution in [0.2, 0.25) is 0 Å². The molecule has 2 aromatic carbocycles. The van der Waals surface area contributed by atoms with E-state index in [9.17, 15) is 18.0 Å². The maximum absolute atomic E-state index is 12.7. The first-order valence-corrected chi connectivity index (χ1v) is 11.8. The second kappa shape index (κ2) is 10.8. The number of ether oxygens (including phenoxy) is 1. The fourth-order valence-electron chi connectivity index (χ4n) is 3.01. The minimum atomic E-state index is -3.72. The zero-order valence-electron chi connectivity index (χ0n) is 18.3. The molecule has 2 N–H and O–H groups in total. The molecule has 1 heterocycles. The predicted molar refractivity (Wildman–Crippen MR) is 121 cm³/mol. The lowest BCUT2D eigenvalue weighted by Gasteiger charge is -2.18. The van der Waals surface area contributed by atoms with Gasteiger partial charge in [0.25, 0.3) is 5.91 Å². The number of para-hydroxylation sites is 1. The molecule has 0 saturated carbocycles. The molecule has 9 nitrogen and oxygen atoms in total. The van der Waals surface area contributed by atoms with Crippen LogP contribution in [0.3, 0.4) is 0 Å². The normalized spacial score (nSPS) is 11.2. The molecule has 10 heteroatoms. The van der Waals surface area contributed by atoms with Crippen molar-refractivity contribution in [3.05, 3.63) is 83.8 Å². The van der Waals surface area contributed by atoms with Gasteiger partial charge in [-0.1, -0.05) is 38.1 Å².